The van der Waals surface area contributed by atoms with Crippen LogP contribution in [0.15, 0.2) is 0 Å². The molecule has 0 aromatic heterocycles. The van der Waals surface area contributed by atoms with E-state index in [1.807, 2.05) is 0 Å². The van der Waals surface area contributed by atoms with E-state index in [0.29, 0.717) is 0 Å². The summed E-state index contributed by atoms with van der Waals surface area (Å²) >= 11 is 0. The number of amides is 2. The molecule has 4 fully saturated rings. The number of nitrogens with zero attached hydrogens (tertiary/aromatic N) is 5. The number of aliphatic hydroxyl groups excluding tert-OH is 12. The molecule has 35 heteroatoms. The minimum absolute atomic E-state index is 0. The van der Waals surface area contributed by atoms with Crippen LogP contribution in [-0.2, 0) is 67.3 Å². The van der Waals surface area contributed by atoms with Crippen molar-refractivity contribution in [1.82, 2.24) is 24.5 Å². The van der Waals surface area contributed by atoms with Gasteiger partial charge in [0.2, 0.25) is 11.8 Å². The van der Waals surface area contributed by atoms with E-state index in [4.69, 9.17) is 37.9 Å². The van der Waals surface area contributed by atoms with Crippen molar-refractivity contribution in [3.8, 4) is 0 Å². The van der Waals surface area contributed by atoms with Crippen LogP contribution in [0.3, 0.4) is 0 Å². The number of carbonyl (C=O) groups is 5. The standard InChI is InChI=1S/C42H73N5O28.Gd.O/c48-22-13-31(72-39(64)35(22)60)68-9-5-46(6-10-69-32-14-23(49)36(61)40(65)73-32)26(52)17-44(20-29(56)57)3-1-43(19-28(54)55)2-4-45(21-30(58)59)18-27(53)47(7-11-70-33-15-24(50)37(62)41(66)74-33)8-12-71-34-16-25(51)38(63)42(67)75-34;;/h22-25,31-42,48-51,60-67H,1-21H2,(H,54,55)(H,56,57)(H,58,59);;/q;+3;-2/t22-,23-,24-,25-,31?,32?,33?,34?,35+,36+,37+,38+,39+,40+,41+,42+;;/m1../s1. The molecule has 77 heavy (non-hydrogen) atoms. The molecule has 4 aliphatic rings. The monoisotopic (exact) mass is 1270 g/mol. The summed E-state index contributed by atoms with van der Waals surface area (Å²) in [5, 5.41) is 148. The molecule has 4 unspecified atom stereocenters. The molecule has 15 N–H and O–H groups in total. The largest absolute Gasteiger partial charge is 3.00 e. The summed E-state index contributed by atoms with van der Waals surface area (Å²) in [7, 11) is 0. The van der Waals surface area contributed by atoms with Crippen LogP contribution in [0.2, 0.25) is 0 Å². The molecule has 0 bridgehead atoms. The Bertz CT molecular complexity index is 1540. The normalized spacial score (nSPS) is 31.6. The van der Waals surface area contributed by atoms with E-state index in [0.717, 1.165) is 0 Å². The number of aliphatic carboxylic acids is 3. The predicted molar refractivity (Wildman–Crippen MR) is 240 cm³/mol. The number of ether oxygens (including phenoxy) is 8. The molecular weight excluding hydrogens is 1200 g/mol. The summed E-state index contributed by atoms with van der Waals surface area (Å²) in [5.74, 6) is -5.50. The average Bonchev–Trinajstić information content (AvgIpc) is 3.32. The van der Waals surface area contributed by atoms with E-state index in [1.165, 1.54) is 24.5 Å². The van der Waals surface area contributed by atoms with Gasteiger partial charge in [-0.3, -0.25) is 38.7 Å². The maximum Gasteiger partial charge on any atom is 3.00 e. The van der Waals surface area contributed by atoms with Crippen molar-refractivity contribution in [2.75, 3.05) is 112 Å². The molecule has 0 spiro atoms. The fourth-order valence-corrected chi connectivity index (χ4v) is 8.02. The molecule has 34 nitrogen and oxygen atoms in total. The zero-order valence-electron chi connectivity index (χ0n) is 41.6. The van der Waals surface area contributed by atoms with Gasteiger partial charge in [0.15, 0.2) is 50.3 Å². The minimum atomic E-state index is -1.78. The second-order valence-corrected chi connectivity index (χ2v) is 18.1. The first kappa shape index (κ1) is 70.8. The number of carbonyl (C=O) groups excluding carboxylic acids is 2. The van der Waals surface area contributed by atoms with Gasteiger partial charge in [-0.2, -0.15) is 0 Å². The molecule has 4 saturated heterocycles. The van der Waals surface area contributed by atoms with Crippen molar-refractivity contribution in [1.29, 1.82) is 0 Å². The number of carboxylic acids is 3. The Balaban J connectivity index is 0.0000101. The number of hydrogen-bond donors (Lipinski definition) is 15. The first-order valence-corrected chi connectivity index (χ1v) is 24.0. The van der Waals surface area contributed by atoms with Crippen LogP contribution in [0.5, 0.6) is 0 Å². The van der Waals surface area contributed by atoms with Gasteiger partial charge in [-0.25, -0.2) is 0 Å². The Morgan fingerprint density at radius 3 is 0.805 bits per heavy atom. The summed E-state index contributed by atoms with van der Waals surface area (Å²) in [6, 6.07) is 0. The predicted octanol–water partition coefficient (Wildman–Crippen LogP) is -10.1. The van der Waals surface area contributed by atoms with Gasteiger partial charge in [0.25, 0.3) is 0 Å². The van der Waals surface area contributed by atoms with Crippen LogP contribution < -0.4 is 0 Å². The molecule has 1 radical (unpaired) electrons. The van der Waals surface area contributed by atoms with Crippen LogP contribution in [0.4, 0.5) is 0 Å². The van der Waals surface area contributed by atoms with Gasteiger partial charge < -0.3 is 130 Å². The third-order valence-electron chi connectivity index (χ3n) is 12.3. The topological polar surface area (TPSA) is 507 Å². The van der Waals surface area contributed by atoms with E-state index in [-0.39, 0.29) is 150 Å². The SMILES string of the molecule is O=C(O)CN(CCN(CC(=O)O)CC(=O)N(CCOC1C[C@@H](O)[C@H](O)[C@@H](O)O1)CCOC1C[C@@H](O)[C@H](O)[C@@H](O)O1)CCN(CC(=O)O)CC(=O)N(CCOC1C[C@@H](O)[C@H](O)[C@@H](O)O1)CCOC1C[C@@H](O)[C@H](O)[C@@H](O)O1.[Gd+3].[O-2]. The zero-order valence-corrected chi connectivity index (χ0v) is 43.9. The molecule has 2 amide bonds. The van der Waals surface area contributed by atoms with E-state index >= 15 is 0 Å². The molecule has 447 valence electrons. The van der Waals surface area contributed by atoms with E-state index in [9.17, 15) is 101 Å². The van der Waals surface area contributed by atoms with Crippen molar-refractivity contribution >= 4 is 29.7 Å². The second kappa shape index (κ2) is 35.5. The molecule has 4 aliphatic heterocycles. The first-order chi connectivity index (χ1) is 35.4. The van der Waals surface area contributed by atoms with Crippen LogP contribution in [0.1, 0.15) is 25.7 Å². The smallest absolute Gasteiger partial charge is 2.00 e. The Morgan fingerprint density at radius 2 is 0.584 bits per heavy atom. The molecule has 0 saturated carbocycles. The van der Waals surface area contributed by atoms with Crippen molar-refractivity contribution in [2.24, 2.45) is 0 Å². The molecule has 16 atom stereocenters. The number of aliphatic hydroxyl groups is 12. The molecule has 0 aromatic carbocycles. The summed E-state index contributed by atoms with van der Waals surface area (Å²) < 4.78 is 42.9. The maximum atomic E-state index is 13.9. The second-order valence-electron chi connectivity index (χ2n) is 18.1. The van der Waals surface area contributed by atoms with Crippen LogP contribution in [0.25, 0.3) is 0 Å². The average molecular weight is 1270 g/mol. The molecule has 4 rings (SSSR count). The van der Waals surface area contributed by atoms with Gasteiger partial charge in [0, 0.05) is 78.0 Å². The van der Waals surface area contributed by atoms with Gasteiger partial charge in [-0.1, -0.05) is 0 Å². The zero-order chi connectivity index (χ0) is 55.5. The van der Waals surface area contributed by atoms with Gasteiger partial charge in [-0.15, -0.1) is 0 Å². The number of hydrogen-bond acceptors (Lipinski definition) is 28. The third-order valence-corrected chi connectivity index (χ3v) is 12.3. The molecular formula is C42H73GdN5O29+. The maximum absolute atomic E-state index is 13.9. The van der Waals surface area contributed by atoms with Gasteiger partial charge in [0.05, 0.1) is 83.6 Å². The third kappa shape index (κ3) is 24.8. The van der Waals surface area contributed by atoms with Crippen LogP contribution in [0, 0.1) is 39.9 Å². The van der Waals surface area contributed by atoms with Crippen molar-refractivity contribution in [3.05, 3.63) is 0 Å². The van der Waals surface area contributed by atoms with Crippen molar-refractivity contribution < 1.29 is 184 Å². The van der Waals surface area contributed by atoms with Gasteiger partial charge in [0.1, 0.15) is 24.4 Å². The van der Waals surface area contributed by atoms with Gasteiger partial charge >= 0.3 is 57.8 Å². The van der Waals surface area contributed by atoms with Crippen LogP contribution in [-0.4, -0.2) is 341 Å². The Morgan fingerprint density at radius 1 is 0.364 bits per heavy atom. The summed E-state index contributed by atoms with van der Waals surface area (Å²) in [6.45, 7) is -6.29. The Labute approximate surface area is 472 Å². The van der Waals surface area contributed by atoms with E-state index < -0.39 is 162 Å². The summed E-state index contributed by atoms with van der Waals surface area (Å²) in [5.41, 5.74) is 0. The fourth-order valence-electron chi connectivity index (χ4n) is 8.02. The molecule has 4 heterocycles. The Kier molecular flexibility index (Phi) is 32.7. The van der Waals surface area contributed by atoms with E-state index in [2.05, 4.69) is 0 Å². The first-order valence-electron chi connectivity index (χ1n) is 24.0. The number of carboxylic acid groups (broad SMARTS) is 3. The van der Waals surface area contributed by atoms with Crippen molar-refractivity contribution in [3.63, 3.8) is 0 Å². The quantitative estimate of drug-likeness (QED) is 0.0297. The van der Waals surface area contributed by atoms with Crippen molar-refractivity contribution in [2.45, 2.75) is 125 Å². The van der Waals surface area contributed by atoms with Crippen LogP contribution >= 0.6 is 0 Å². The van der Waals surface area contributed by atoms with Gasteiger partial charge in [-0.05, 0) is 0 Å². The Hall–Kier alpha value is -2.29. The number of rotatable bonds is 32. The summed E-state index contributed by atoms with van der Waals surface area (Å²) in [4.78, 5) is 69.8. The molecule has 0 aliphatic carbocycles. The summed E-state index contributed by atoms with van der Waals surface area (Å²) in [6.07, 6.45) is -24.9. The molecule has 0 aromatic rings. The fraction of sp³-hybridized carbons (Fsp3) is 0.881. The van der Waals surface area contributed by atoms with E-state index in [1.54, 1.807) is 0 Å². The minimum Gasteiger partial charge on any atom is -2.00 e.